The SMILES string of the molecule is CC(=O)c1cccc(NC(=O)[C@H](C)OC(=O)/C=C/c2ccccc2F)c1. The zero-order chi connectivity index (χ0) is 19.1. The number of rotatable bonds is 6. The first-order chi connectivity index (χ1) is 12.4. The topological polar surface area (TPSA) is 72.5 Å². The third kappa shape index (κ3) is 5.37. The maximum Gasteiger partial charge on any atom is 0.331 e. The molecule has 0 heterocycles. The molecule has 0 aliphatic heterocycles. The van der Waals surface area contributed by atoms with E-state index >= 15 is 0 Å². The molecule has 0 saturated heterocycles. The van der Waals surface area contributed by atoms with Crippen LogP contribution in [0.4, 0.5) is 10.1 Å². The van der Waals surface area contributed by atoms with Gasteiger partial charge in [0.15, 0.2) is 11.9 Å². The molecule has 26 heavy (non-hydrogen) atoms. The monoisotopic (exact) mass is 355 g/mol. The Labute approximate surface area is 150 Å². The van der Waals surface area contributed by atoms with Crippen LogP contribution in [0.15, 0.2) is 54.6 Å². The number of amides is 1. The second-order valence-electron chi connectivity index (χ2n) is 5.56. The van der Waals surface area contributed by atoms with Crippen molar-refractivity contribution in [3.05, 3.63) is 71.6 Å². The minimum atomic E-state index is -1.06. The van der Waals surface area contributed by atoms with Gasteiger partial charge in [0.2, 0.25) is 0 Å². The molecule has 6 heteroatoms. The predicted octanol–water partition coefficient (Wildman–Crippen LogP) is 3.61. The Hall–Kier alpha value is -3.28. The molecule has 0 aliphatic rings. The van der Waals surface area contributed by atoms with Gasteiger partial charge >= 0.3 is 5.97 Å². The van der Waals surface area contributed by atoms with Crippen LogP contribution >= 0.6 is 0 Å². The van der Waals surface area contributed by atoms with Crippen molar-refractivity contribution >= 4 is 29.4 Å². The Kier molecular flexibility index (Phi) is 6.38. The molecule has 2 aromatic carbocycles. The van der Waals surface area contributed by atoms with Crippen molar-refractivity contribution in [2.45, 2.75) is 20.0 Å². The minimum absolute atomic E-state index is 0.126. The molecule has 2 rings (SSSR count). The first-order valence-electron chi connectivity index (χ1n) is 7.92. The average Bonchev–Trinajstić information content (AvgIpc) is 2.61. The maximum absolute atomic E-state index is 13.5. The van der Waals surface area contributed by atoms with E-state index in [-0.39, 0.29) is 11.3 Å². The lowest BCUT2D eigenvalue weighted by Crippen LogP contribution is -2.29. The molecule has 0 aromatic heterocycles. The van der Waals surface area contributed by atoms with Gasteiger partial charge in [0.05, 0.1) is 0 Å². The van der Waals surface area contributed by atoms with Crippen molar-refractivity contribution in [1.82, 2.24) is 0 Å². The number of ether oxygens (including phenoxy) is 1. The van der Waals surface area contributed by atoms with Crippen molar-refractivity contribution in [1.29, 1.82) is 0 Å². The fraction of sp³-hybridized carbons (Fsp3) is 0.150. The molecule has 1 N–H and O–H groups in total. The highest BCUT2D eigenvalue weighted by molar-refractivity contribution is 5.99. The molecule has 1 atom stereocenters. The Bertz CT molecular complexity index is 860. The number of halogens is 1. The Balaban J connectivity index is 1.94. The summed E-state index contributed by atoms with van der Waals surface area (Å²) in [5, 5.41) is 2.57. The number of Topliss-reactive ketones (excluding diaryl/α,β-unsaturated/α-hetero) is 1. The van der Waals surface area contributed by atoms with Crippen LogP contribution in [-0.4, -0.2) is 23.8 Å². The summed E-state index contributed by atoms with van der Waals surface area (Å²) in [6.07, 6.45) is 1.27. The molecule has 1 amide bonds. The molecule has 134 valence electrons. The van der Waals surface area contributed by atoms with E-state index in [1.165, 1.54) is 38.1 Å². The molecule has 0 radical (unpaired) electrons. The van der Waals surface area contributed by atoms with Gasteiger partial charge in [0, 0.05) is 22.9 Å². The second kappa shape index (κ2) is 8.71. The van der Waals surface area contributed by atoms with Crippen molar-refractivity contribution in [2.24, 2.45) is 0 Å². The zero-order valence-corrected chi connectivity index (χ0v) is 14.4. The fourth-order valence-corrected chi connectivity index (χ4v) is 2.09. The summed E-state index contributed by atoms with van der Waals surface area (Å²) in [5.74, 6) is -1.90. The lowest BCUT2D eigenvalue weighted by Gasteiger charge is -2.12. The number of benzene rings is 2. The number of esters is 1. The first kappa shape index (κ1) is 19.1. The van der Waals surface area contributed by atoms with Crippen molar-refractivity contribution in [3.63, 3.8) is 0 Å². The zero-order valence-electron chi connectivity index (χ0n) is 14.4. The van der Waals surface area contributed by atoms with Crippen LogP contribution in [0.2, 0.25) is 0 Å². The van der Waals surface area contributed by atoms with E-state index in [1.54, 1.807) is 30.3 Å². The van der Waals surface area contributed by atoms with Gasteiger partial charge < -0.3 is 10.1 Å². The third-order valence-electron chi connectivity index (χ3n) is 3.50. The molecular formula is C20H18FNO4. The van der Waals surface area contributed by atoms with Gasteiger partial charge in [0.25, 0.3) is 5.91 Å². The molecule has 0 aliphatic carbocycles. The van der Waals surface area contributed by atoms with E-state index in [0.29, 0.717) is 11.3 Å². The lowest BCUT2D eigenvalue weighted by atomic mass is 10.1. The first-order valence-corrected chi connectivity index (χ1v) is 7.92. The van der Waals surface area contributed by atoms with E-state index in [9.17, 15) is 18.8 Å². The standard InChI is InChI=1S/C20H18FNO4/c1-13(23)16-7-5-8-17(12-16)22-20(25)14(2)26-19(24)11-10-15-6-3-4-9-18(15)21/h3-12,14H,1-2H3,(H,22,25)/b11-10+/t14-/m0/s1. The summed E-state index contributed by atoms with van der Waals surface area (Å²) >= 11 is 0. The van der Waals surface area contributed by atoms with Gasteiger partial charge in [0.1, 0.15) is 5.82 Å². The molecule has 0 spiro atoms. The van der Waals surface area contributed by atoms with Crippen LogP contribution in [0.3, 0.4) is 0 Å². The lowest BCUT2D eigenvalue weighted by molar-refractivity contribution is -0.148. The highest BCUT2D eigenvalue weighted by Gasteiger charge is 2.17. The van der Waals surface area contributed by atoms with E-state index in [4.69, 9.17) is 4.74 Å². The summed E-state index contributed by atoms with van der Waals surface area (Å²) in [6, 6.07) is 12.4. The van der Waals surface area contributed by atoms with Crippen LogP contribution in [0.1, 0.15) is 29.8 Å². The normalized spacial score (nSPS) is 11.8. The van der Waals surface area contributed by atoms with E-state index in [2.05, 4.69) is 5.32 Å². The Morgan fingerprint density at radius 2 is 1.85 bits per heavy atom. The van der Waals surface area contributed by atoms with Crippen LogP contribution < -0.4 is 5.32 Å². The average molecular weight is 355 g/mol. The predicted molar refractivity (Wildman–Crippen MR) is 96.1 cm³/mol. The summed E-state index contributed by atoms with van der Waals surface area (Å²) in [6.45, 7) is 2.84. The Morgan fingerprint density at radius 3 is 2.54 bits per heavy atom. The number of carbonyl (C=O) groups is 3. The van der Waals surface area contributed by atoms with Crippen molar-refractivity contribution in [2.75, 3.05) is 5.32 Å². The summed E-state index contributed by atoms with van der Waals surface area (Å²) in [4.78, 5) is 35.2. The molecular weight excluding hydrogens is 337 g/mol. The number of ketones is 1. The van der Waals surface area contributed by atoms with E-state index in [0.717, 1.165) is 6.08 Å². The van der Waals surface area contributed by atoms with Gasteiger partial charge in [-0.05, 0) is 38.1 Å². The van der Waals surface area contributed by atoms with Gasteiger partial charge in [-0.1, -0.05) is 30.3 Å². The van der Waals surface area contributed by atoms with Gasteiger partial charge in [-0.15, -0.1) is 0 Å². The van der Waals surface area contributed by atoms with Crippen LogP contribution in [-0.2, 0) is 14.3 Å². The van der Waals surface area contributed by atoms with E-state index < -0.39 is 23.8 Å². The third-order valence-corrected chi connectivity index (χ3v) is 3.50. The number of nitrogens with one attached hydrogen (secondary N) is 1. The number of hydrogen-bond donors (Lipinski definition) is 1. The smallest absolute Gasteiger partial charge is 0.331 e. The largest absolute Gasteiger partial charge is 0.449 e. The van der Waals surface area contributed by atoms with Crippen LogP contribution in [0.25, 0.3) is 6.08 Å². The van der Waals surface area contributed by atoms with E-state index in [1.807, 2.05) is 0 Å². The van der Waals surface area contributed by atoms with Crippen LogP contribution in [0, 0.1) is 5.82 Å². The highest BCUT2D eigenvalue weighted by atomic mass is 19.1. The van der Waals surface area contributed by atoms with Gasteiger partial charge in [-0.3, -0.25) is 9.59 Å². The van der Waals surface area contributed by atoms with Gasteiger partial charge in [-0.2, -0.15) is 0 Å². The molecule has 5 nitrogen and oxygen atoms in total. The van der Waals surface area contributed by atoms with Crippen LogP contribution in [0.5, 0.6) is 0 Å². The maximum atomic E-state index is 13.5. The number of carbonyl (C=O) groups excluding carboxylic acids is 3. The number of anilines is 1. The summed E-state index contributed by atoms with van der Waals surface area (Å²) in [7, 11) is 0. The molecule has 0 fully saturated rings. The molecule has 0 bridgehead atoms. The second-order valence-corrected chi connectivity index (χ2v) is 5.56. The van der Waals surface area contributed by atoms with Crippen molar-refractivity contribution in [3.8, 4) is 0 Å². The minimum Gasteiger partial charge on any atom is -0.449 e. The van der Waals surface area contributed by atoms with Crippen molar-refractivity contribution < 1.29 is 23.5 Å². The molecule has 2 aromatic rings. The summed E-state index contributed by atoms with van der Waals surface area (Å²) < 4.78 is 18.5. The molecule has 0 unspecified atom stereocenters. The fourth-order valence-electron chi connectivity index (χ4n) is 2.09. The highest BCUT2D eigenvalue weighted by Crippen LogP contribution is 2.12. The molecule has 0 saturated carbocycles. The summed E-state index contributed by atoms with van der Waals surface area (Å²) in [5.41, 5.74) is 1.12. The van der Waals surface area contributed by atoms with Gasteiger partial charge in [-0.25, -0.2) is 9.18 Å². The number of hydrogen-bond acceptors (Lipinski definition) is 4. The Morgan fingerprint density at radius 1 is 1.12 bits per heavy atom. The quantitative estimate of drug-likeness (QED) is 0.488.